The van der Waals surface area contributed by atoms with Crippen molar-refractivity contribution in [2.45, 2.75) is 42.5 Å². The number of esters is 1. The minimum Gasteiger partial charge on any atom is -0.455 e. The lowest BCUT2D eigenvalue weighted by molar-refractivity contribution is -0.383. The number of nitro benzene ring substituents is 1. The van der Waals surface area contributed by atoms with Gasteiger partial charge in [-0.05, 0) is 18.9 Å². The van der Waals surface area contributed by atoms with Crippen molar-refractivity contribution in [1.82, 2.24) is 10.2 Å². The van der Waals surface area contributed by atoms with Crippen LogP contribution in [0.3, 0.4) is 0 Å². The van der Waals surface area contributed by atoms with Gasteiger partial charge in [0.15, 0.2) is 10.9 Å². The Morgan fingerprint density at radius 3 is 2.77 bits per heavy atom. The van der Waals surface area contributed by atoms with Crippen molar-refractivity contribution in [3.8, 4) is 0 Å². The lowest BCUT2D eigenvalue weighted by Gasteiger charge is -2.21. The minimum atomic E-state index is -0.655. The Hall–Kier alpha value is -2.73. The first-order valence-corrected chi connectivity index (χ1v) is 11.2. The van der Waals surface area contributed by atoms with Crippen LogP contribution in [0.5, 0.6) is 0 Å². The summed E-state index contributed by atoms with van der Waals surface area (Å²) in [5.74, 6) is -1.26. The number of amides is 1. The zero-order valence-corrected chi connectivity index (χ0v) is 17.7. The highest BCUT2D eigenvalue weighted by atomic mass is 32.2. The van der Waals surface area contributed by atoms with Gasteiger partial charge in [-0.1, -0.05) is 54.5 Å². The Labute approximate surface area is 180 Å². The van der Waals surface area contributed by atoms with Crippen LogP contribution in [0.2, 0.25) is 0 Å². The predicted octanol–water partition coefficient (Wildman–Crippen LogP) is 3.46. The molecular weight excluding hydrogens is 430 g/mol. The summed E-state index contributed by atoms with van der Waals surface area (Å²) in [5.41, 5.74) is -0.188. The quantitative estimate of drug-likeness (QED) is 0.254. The maximum atomic E-state index is 11.9. The van der Waals surface area contributed by atoms with Gasteiger partial charge >= 0.3 is 5.97 Å². The van der Waals surface area contributed by atoms with Gasteiger partial charge in [0.25, 0.3) is 11.6 Å². The molecule has 0 atom stereocenters. The molecule has 12 heteroatoms. The first-order valence-electron chi connectivity index (χ1n) is 9.43. The molecule has 0 unspecified atom stereocenters. The normalized spacial score (nSPS) is 14.1. The third kappa shape index (κ3) is 6.66. The van der Waals surface area contributed by atoms with E-state index in [1.54, 1.807) is 6.07 Å². The molecule has 30 heavy (non-hydrogen) atoms. The Kier molecular flexibility index (Phi) is 7.97. The number of aromatic nitrogens is 2. The van der Waals surface area contributed by atoms with Crippen LogP contribution < -0.4 is 10.6 Å². The van der Waals surface area contributed by atoms with Gasteiger partial charge in [-0.25, -0.2) is 0 Å². The van der Waals surface area contributed by atoms with Crippen LogP contribution in [0.25, 0.3) is 0 Å². The summed E-state index contributed by atoms with van der Waals surface area (Å²) in [5, 5.41) is 25.6. The third-order valence-corrected chi connectivity index (χ3v) is 6.35. The maximum Gasteiger partial charge on any atom is 0.316 e. The number of carbonyl (C=O) groups excluding carboxylic acids is 2. The average Bonchev–Trinajstić information content (AvgIpc) is 3.19. The molecule has 1 saturated carbocycles. The summed E-state index contributed by atoms with van der Waals surface area (Å²) >= 11 is 2.56. The van der Waals surface area contributed by atoms with Crippen molar-refractivity contribution < 1.29 is 19.2 Å². The maximum absolute atomic E-state index is 11.9. The van der Waals surface area contributed by atoms with Gasteiger partial charge < -0.3 is 15.4 Å². The van der Waals surface area contributed by atoms with E-state index in [0.717, 1.165) is 18.0 Å². The molecule has 1 heterocycles. The monoisotopic (exact) mass is 451 g/mol. The number of ether oxygens (including phenoxy) is 1. The third-order valence-electron chi connectivity index (χ3n) is 4.39. The number of hydrogen-bond acceptors (Lipinski definition) is 10. The zero-order chi connectivity index (χ0) is 21.3. The van der Waals surface area contributed by atoms with E-state index in [0.29, 0.717) is 10.4 Å². The number of nitro groups is 1. The molecule has 0 bridgehead atoms. The topological polar surface area (TPSA) is 136 Å². The molecule has 0 saturated heterocycles. The summed E-state index contributed by atoms with van der Waals surface area (Å²) < 4.78 is 5.56. The highest BCUT2D eigenvalue weighted by Crippen LogP contribution is 2.28. The summed E-state index contributed by atoms with van der Waals surface area (Å²) in [4.78, 5) is 34.1. The largest absolute Gasteiger partial charge is 0.455 e. The molecule has 1 aliphatic rings. The van der Waals surface area contributed by atoms with Crippen LogP contribution in [0.4, 0.5) is 16.5 Å². The van der Waals surface area contributed by atoms with E-state index in [1.807, 2.05) is 0 Å². The number of benzene rings is 1. The van der Waals surface area contributed by atoms with Gasteiger partial charge in [0, 0.05) is 12.1 Å². The fraction of sp³-hybridized carbons (Fsp3) is 0.444. The van der Waals surface area contributed by atoms with E-state index in [2.05, 4.69) is 20.8 Å². The summed E-state index contributed by atoms with van der Waals surface area (Å²) in [6, 6.07) is 6.16. The smallest absolute Gasteiger partial charge is 0.316 e. The van der Waals surface area contributed by atoms with E-state index in [9.17, 15) is 19.7 Å². The molecule has 3 rings (SSSR count). The lowest BCUT2D eigenvalue weighted by Crippen LogP contribution is -2.22. The highest BCUT2D eigenvalue weighted by molar-refractivity contribution is 8.01. The molecule has 0 spiro atoms. The van der Waals surface area contributed by atoms with Crippen molar-refractivity contribution in [2.24, 2.45) is 0 Å². The Balaban J connectivity index is 1.39. The first-order chi connectivity index (χ1) is 14.5. The van der Waals surface area contributed by atoms with Gasteiger partial charge in [0.2, 0.25) is 5.13 Å². The van der Waals surface area contributed by atoms with Gasteiger partial charge in [0.1, 0.15) is 5.69 Å². The molecular formula is C18H21N5O5S2. The molecule has 2 N–H and O–H groups in total. The van der Waals surface area contributed by atoms with Crippen molar-refractivity contribution >= 4 is 51.5 Å². The predicted molar refractivity (Wildman–Crippen MR) is 114 cm³/mol. The van der Waals surface area contributed by atoms with Crippen LogP contribution in [-0.4, -0.2) is 45.4 Å². The second kappa shape index (κ2) is 10.9. The zero-order valence-electron chi connectivity index (χ0n) is 16.0. The number of anilines is 2. The van der Waals surface area contributed by atoms with Crippen LogP contribution in [0.15, 0.2) is 28.6 Å². The molecule has 1 fully saturated rings. The van der Waals surface area contributed by atoms with E-state index < -0.39 is 23.4 Å². The fourth-order valence-electron chi connectivity index (χ4n) is 2.98. The Morgan fingerprint density at radius 2 is 2.00 bits per heavy atom. The van der Waals surface area contributed by atoms with Gasteiger partial charge in [0.05, 0.1) is 10.7 Å². The number of carbonyl (C=O) groups is 2. The van der Waals surface area contributed by atoms with Crippen molar-refractivity contribution in [3.63, 3.8) is 0 Å². The molecule has 0 radical (unpaired) electrons. The van der Waals surface area contributed by atoms with Crippen molar-refractivity contribution in [2.75, 3.05) is 23.0 Å². The average molecular weight is 452 g/mol. The summed E-state index contributed by atoms with van der Waals surface area (Å²) in [7, 11) is 0. The molecule has 2 aromatic rings. The standard InChI is InChI=1S/C18H21N5O5S2/c24-15(20-13-8-4-5-9-14(13)23(26)27)10-28-16(25)11-29-18-22-21-17(30-18)19-12-6-2-1-3-7-12/h4-5,8-9,12H,1-3,6-7,10-11H2,(H,19,21)(H,20,24). The number of nitrogens with one attached hydrogen (secondary N) is 2. The van der Waals surface area contributed by atoms with Crippen LogP contribution in [0.1, 0.15) is 32.1 Å². The number of nitrogens with zero attached hydrogens (tertiary/aromatic N) is 3. The SMILES string of the molecule is O=C(COC(=O)CSc1nnc(NC2CCCCC2)s1)Nc1ccccc1[N+](=O)[O-]. The lowest BCUT2D eigenvalue weighted by atomic mass is 9.96. The second-order valence-electron chi connectivity index (χ2n) is 6.62. The number of thioether (sulfide) groups is 1. The van der Waals surface area contributed by atoms with Crippen LogP contribution in [-0.2, 0) is 14.3 Å². The summed E-state index contributed by atoms with van der Waals surface area (Å²) in [6.07, 6.45) is 5.97. The fourth-order valence-corrected chi connectivity index (χ4v) is 4.61. The van der Waals surface area contributed by atoms with Gasteiger partial charge in [-0.2, -0.15) is 0 Å². The number of rotatable bonds is 9. The number of para-hydroxylation sites is 2. The number of hydrogen-bond donors (Lipinski definition) is 2. The molecule has 0 aliphatic heterocycles. The van der Waals surface area contributed by atoms with E-state index >= 15 is 0 Å². The molecule has 1 amide bonds. The van der Waals surface area contributed by atoms with Crippen LogP contribution >= 0.6 is 23.1 Å². The Morgan fingerprint density at radius 1 is 1.23 bits per heavy atom. The second-order valence-corrected chi connectivity index (χ2v) is 8.82. The van der Waals surface area contributed by atoms with E-state index in [4.69, 9.17) is 4.74 Å². The van der Waals surface area contributed by atoms with E-state index in [1.165, 1.54) is 60.6 Å². The summed E-state index contributed by atoms with van der Waals surface area (Å²) in [6.45, 7) is -0.532. The molecule has 160 valence electrons. The molecule has 1 aromatic carbocycles. The minimum absolute atomic E-state index is 0.0170. The van der Waals surface area contributed by atoms with Crippen LogP contribution in [0, 0.1) is 10.1 Å². The van der Waals surface area contributed by atoms with E-state index in [-0.39, 0.29) is 17.1 Å². The van der Waals surface area contributed by atoms with Gasteiger partial charge in [-0.15, -0.1) is 10.2 Å². The first kappa shape index (κ1) is 22.0. The Bertz CT molecular complexity index is 901. The molecule has 1 aliphatic carbocycles. The molecule has 1 aromatic heterocycles. The van der Waals surface area contributed by atoms with Crippen molar-refractivity contribution in [3.05, 3.63) is 34.4 Å². The van der Waals surface area contributed by atoms with Crippen molar-refractivity contribution in [1.29, 1.82) is 0 Å². The van der Waals surface area contributed by atoms with Gasteiger partial charge in [-0.3, -0.25) is 19.7 Å². The highest BCUT2D eigenvalue weighted by Gasteiger charge is 2.17. The molecule has 10 nitrogen and oxygen atoms in total.